The Morgan fingerprint density at radius 2 is 1.65 bits per heavy atom. The van der Waals surface area contributed by atoms with Crippen molar-refractivity contribution in [2.75, 3.05) is 38.6 Å². The third-order valence-corrected chi connectivity index (χ3v) is 5.23. The van der Waals surface area contributed by atoms with Gasteiger partial charge in [0.05, 0.1) is 26.3 Å². The van der Waals surface area contributed by atoms with Gasteiger partial charge in [-0.25, -0.2) is 4.68 Å². The van der Waals surface area contributed by atoms with Crippen LogP contribution in [0.3, 0.4) is 0 Å². The topological polar surface area (TPSA) is 99.5 Å². The van der Waals surface area contributed by atoms with Gasteiger partial charge in [0.2, 0.25) is 5.95 Å². The maximum atomic E-state index is 11.9. The van der Waals surface area contributed by atoms with Gasteiger partial charge in [-0.3, -0.25) is 10.1 Å². The SMILES string of the molecule is COCC(=O)Nc1nc2n(n1)[C@@H](c1ccc(OC)cc1)C[C@@H](c1ccc(OC)cc1)N2. The zero-order valence-corrected chi connectivity index (χ0v) is 17.7. The van der Waals surface area contributed by atoms with Crippen LogP contribution in [0.2, 0.25) is 0 Å². The molecule has 2 heterocycles. The Labute approximate surface area is 180 Å². The van der Waals surface area contributed by atoms with E-state index in [0.29, 0.717) is 5.95 Å². The molecule has 1 amide bonds. The maximum Gasteiger partial charge on any atom is 0.252 e. The lowest BCUT2D eigenvalue weighted by Gasteiger charge is -2.31. The molecule has 0 spiro atoms. The molecule has 31 heavy (non-hydrogen) atoms. The molecule has 2 atom stereocenters. The fraction of sp³-hybridized carbons (Fsp3) is 0.318. The van der Waals surface area contributed by atoms with Crippen LogP contribution in [0.5, 0.6) is 11.5 Å². The second-order valence-electron chi connectivity index (χ2n) is 7.18. The monoisotopic (exact) mass is 423 g/mol. The van der Waals surface area contributed by atoms with Gasteiger partial charge in [0.25, 0.3) is 11.9 Å². The highest BCUT2D eigenvalue weighted by atomic mass is 16.5. The van der Waals surface area contributed by atoms with E-state index in [0.717, 1.165) is 29.0 Å². The third-order valence-electron chi connectivity index (χ3n) is 5.23. The summed E-state index contributed by atoms with van der Waals surface area (Å²) in [6.07, 6.45) is 0.750. The van der Waals surface area contributed by atoms with E-state index in [9.17, 15) is 4.79 Å². The minimum Gasteiger partial charge on any atom is -0.497 e. The number of ether oxygens (including phenoxy) is 3. The lowest BCUT2D eigenvalue weighted by atomic mass is 9.93. The van der Waals surface area contributed by atoms with Crippen LogP contribution in [0.4, 0.5) is 11.9 Å². The van der Waals surface area contributed by atoms with Crippen molar-refractivity contribution in [2.45, 2.75) is 18.5 Å². The van der Waals surface area contributed by atoms with Crippen LogP contribution in [0.25, 0.3) is 0 Å². The lowest BCUT2D eigenvalue weighted by molar-refractivity contribution is -0.119. The summed E-state index contributed by atoms with van der Waals surface area (Å²) in [6, 6.07) is 15.8. The number of benzene rings is 2. The number of amides is 1. The summed E-state index contributed by atoms with van der Waals surface area (Å²) in [5.74, 6) is 2.10. The zero-order valence-electron chi connectivity index (χ0n) is 17.7. The Morgan fingerprint density at radius 1 is 1.03 bits per heavy atom. The Bertz CT molecular complexity index is 1030. The van der Waals surface area contributed by atoms with Crippen molar-refractivity contribution in [3.63, 3.8) is 0 Å². The van der Waals surface area contributed by atoms with Gasteiger partial charge < -0.3 is 19.5 Å². The summed E-state index contributed by atoms with van der Waals surface area (Å²) in [7, 11) is 4.76. The number of nitrogens with one attached hydrogen (secondary N) is 2. The summed E-state index contributed by atoms with van der Waals surface area (Å²) in [6.45, 7) is -0.0618. The first-order chi connectivity index (χ1) is 15.1. The van der Waals surface area contributed by atoms with Crippen molar-refractivity contribution in [2.24, 2.45) is 0 Å². The van der Waals surface area contributed by atoms with Crippen molar-refractivity contribution in [3.05, 3.63) is 59.7 Å². The second-order valence-corrected chi connectivity index (χ2v) is 7.18. The van der Waals surface area contributed by atoms with Crippen LogP contribution in [0.1, 0.15) is 29.6 Å². The molecule has 4 rings (SSSR count). The van der Waals surface area contributed by atoms with Crippen LogP contribution in [0.15, 0.2) is 48.5 Å². The van der Waals surface area contributed by atoms with Crippen LogP contribution >= 0.6 is 0 Å². The molecule has 1 aromatic heterocycles. The molecular weight excluding hydrogens is 398 g/mol. The van der Waals surface area contributed by atoms with E-state index >= 15 is 0 Å². The Balaban J connectivity index is 1.67. The Kier molecular flexibility index (Phi) is 6.03. The number of fused-ring (bicyclic) bond motifs is 1. The smallest absolute Gasteiger partial charge is 0.252 e. The first-order valence-electron chi connectivity index (χ1n) is 9.91. The van der Waals surface area contributed by atoms with Crippen molar-refractivity contribution in [3.8, 4) is 11.5 Å². The average molecular weight is 423 g/mol. The molecule has 0 radical (unpaired) electrons. The Morgan fingerprint density at radius 3 is 2.23 bits per heavy atom. The zero-order chi connectivity index (χ0) is 21.8. The third kappa shape index (κ3) is 4.46. The van der Waals surface area contributed by atoms with Gasteiger partial charge >= 0.3 is 0 Å². The van der Waals surface area contributed by atoms with Gasteiger partial charge in [0, 0.05) is 7.11 Å². The number of rotatable bonds is 7. The number of methoxy groups -OCH3 is 3. The van der Waals surface area contributed by atoms with Crippen LogP contribution in [0, 0.1) is 0 Å². The van der Waals surface area contributed by atoms with Gasteiger partial charge in [0.15, 0.2) is 0 Å². The van der Waals surface area contributed by atoms with Gasteiger partial charge in [0.1, 0.15) is 18.1 Å². The number of carbonyl (C=O) groups excluding carboxylic acids is 1. The number of anilines is 2. The molecule has 0 bridgehead atoms. The van der Waals surface area contributed by atoms with E-state index in [-0.39, 0.29) is 30.5 Å². The average Bonchev–Trinajstić information content (AvgIpc) is 3.21. The molecular formula is C22H25N5O4. The number of nitrogens with zero attached hydrogens (tertiary/aromatic N) is 3. The van der Waals surface area contributed by atoms with Crippen molar-refractivity contribution < 1.29 is 19.0 Å². The molecule has 2 aromatic carbocycles. The molecule has 1 aliphatic heterocycles. The standard InChI is InChI=1S/C22H25N5O4/c1-29-13-20(28)24-21-25-22-23-18(14-4-8-16(30-2)9-5-14)12-19(27(22)26-21)15-6-10-17(31-3)11-7-15/h4-11,18-19H,12-13H2,1-3H3,(H2,23,24,25,26,28)/t18-,19+/m0/s1. The number of hydrogen-bond acceptors (Lipinski definition) is 7. The van der Waals surface area contributed by atoms with E-state index in [2.05, 4.69) is 20.7 Å². The Hall–Kier alpha value is -3.59. The number of carbonyl (C=O) groups is 1. The molecule has 2 N–H and O–H groups in total. The molecule has 0 saturated heterocycles. The summed E-state index contributed by atoms with van der Waals surface area (Å²) in [5, 5.41) is 10.6. The highest BCUT2D eigenvalue weighted by Crippen LogP contribution is 2.38. The van der Waals surface area contributed by atoms with Crippen LogP contribution < -0.4 is 20.1 Å². The largest absolute Gasteiger partial charge is 0.497 e. The summed E-state index contributed by atoms with van der Waals surface area (Å²) in [4.78, 5) is 16.4. The van der Waals surface area contributed by atoms with Gasteiger partial charge in [-0.2, -0.15) is 4.98 Å². The summed E-state index contributed by atoms with van der Waals surface area (Å²) in [5.41, 5.74) is 2.18. The van der Waals surface area contributed by atoms with Crippen molar-refractivity contribution >= 4 is 17.8 Å². The quantitative estimate of drug-likeness (QED) is 0.603. The highest BCUT2D eigenvalue weighted by Gasteiger charge is 2.31. The fourth-order valence-electron chi connectivity index (χ4n) is 3.68. The molecule has 0 aliphatic carbocycles. The fourth-order valence-corrected chi connectivity index (χ4v) is 3.68. The molecule has 0 fully saturated rings. The van der Waals surface area contributed by atoms with Gasteiger partial charge in [-0.05, 0) is 41.8 Å². The number of aromatic nitrogens is 3. The summed E-state index contributed by atoms with van der Waals surface area (Å²) < 4.78 is 17.2. The van der Waals surface area contributed by atoms with Crippen molar-refractivity contribution in [1.29, 1.82) is 0 Å². The van der Waals surface area contributed by atoms with E-state index in [1.165, 1.54) is 7.11 Å². The molecule has 0 unspecified atom stereocenters. The van der Waals surface area contributed by atoms with E-state index in [4.69, 9.17) is 14.2 Å². The highest BCUT2D eigenvalue weighted by molar-refractivity contribution is 5.90. The van der Waals surface area contributed by atoms with Crippen LogP contribution in [-0.4, -0.2) is 48.6 Å². The van der Waals surface area contributed by atoms with E-state index in [1.807, 2.05) is 53.2 Å². The molecule has 0 saturated carbocycles. The van der Waals surface area contributed by atoms with E-state index in [1.54, 1.807) is 14.2 Å². The molecule has 9 heteroatoms. The summed E-state index contributed by atoms with van der Waals surface area (Å²) >= 11 is 0. The molecule has 9 nitrogen and oxygen atoms in total. The lowest BCUT2D eigenvalue weighted by Crippen LogP contribution is -2.28. The predicted octanol–water partition coefficient (Wildman–Crippen LogP) is 3.03. The van der Waals surface area contributed by atoms with Gasteiger partial charge in [-0.15, -0.1) is 5.10 Å². The number of hydrogen-bond donors (Lipinski definition) is 2. The maximum absolute atomic E-state index is 11.9. The molecule has 1 aliphatic rings. The second kappa shape index (κ2) is 9.05. The predicted molar refractivity (Wildman–Crippen MR) is 116 cm³/mol. The van der Waals surface area contributed by atoms with E-state index < -0.39 is 0 Å². The van der Waals surface area contributed by atoms with Crippen molar-refractivity contribution in [1.82, 2.24) is 14.8 Å². The normalized spacial score (nSPS) is 17.4. The van der Waals surface area contributed by atoms with Crippen LogP contribution in [-0.2, 0) is 9.53 Å². The first-order valence-corrected chi connectivity index (χ1v) is 9.91. The molecule has 162 valence electrons. The first kappa shape index (κ1) is 20.7. The minimum atomic E-state index is -0.307. The molecule has 3 aromatic rings. The minimum absolute atomic E-state index is 0.0113. The van der Waals surface area contributed by atoms with Gasteiger partial charge in [-0.1, -0.05) is 24.3 Å².